The molecule has 15 heavy (non-hydrogen) atoms. The molecular formula is C9H12N4OS. The molecule has 0 spiro atoms. The standard InChI is InChI=1S/C9H12N4OS/c1-10-4-2-3-8-12-9(13-14-8)7-5-11-6-15-7/h5-6,10H,2-4H2,1H3. The van der Waals surface area contributed by atoms with E-state index in [2.05, 4.69) is 20.4 Å². The number of hydrogen-bond donors (Lipinski definition) is 1. The molecule has 0 aliphatic heterocycles. The van der Waals surface area contributed by atoms with E-state index in [9.17, 15) is 0 Å². The first-order valence-corrected chi connectivity index (χ1v) is 5.64. The second-order valence-corrected chi connectivity index (χ2v) is 3.97. The van der Waals surface area contributed by atoms with Crippen molar-refractivity contribution in [2.75, 3.05) is 13.6 Å². The molecule has 0 radical (unpaired) electrons. The van der Waals surface area contributed by atoms with Gasteiger partial charge >= 0.3 is 0 Å². The maximum atomic E-state index is 5.13. The molecule has 0 aliphatic carbocycles. The van der Waals surface area contributed by atoms with Gasteiger partial charge in [-0.25, -0.2) is 0 Å². The Morgan fingerprint density at radius 1 is 1.53 bits per heavy atom. The van der Waals surface area contributed by atoms with Crippen LogP contribution in [0.5, 0.6) is 0 Å². The Kier molecular flexibility index (Phi) is 3.41. The molecule has 80 valence electrons. The predicted octanol–water partition coefficient (Wildman–Crippen LogP) is 1.35. The van der Waals surface area contributed by atoms with Gasteiger partial charge in [-0.2, -0.15) is 4.98 Å². The van der Waals surface area contributed by atoms with Gasteiger partial charge in [0.1, 0.15) is 0 Å². The van der Waals surface area contributed by atoms with Gasteiger partial charge in [0, 0.05) is 12.6 Å². The highest BCUT2D eigenvalue weighted by molar-refractivity contribution is 7.13. The van der Waals surface area contributed by atoms with Gasteiger partial charge in [0.15, 0.2) is 0 Å². The van der Waals surface area contributed by atoms with Gasteiger partial charge in [0.25, 0.3) is 0 Å². The van der Waals surface area contributed by atoms with E-state index in [0.29, 0.717) is 11.7 Å². The number of nitrogens with zero attached hydrogens (tertiary/aromatic N) is 3. The Hall–Kier alpha value is -1.27. The average Bonchev–Trinajstić information content (AvgIpc) is 2.87. The summed E-state index contributed by atoms with van der Waals surface area (Å²) < 4.78 is 5.13. The number of aromatic nitrogens is 3. The largest absolute Gasteiger partial charge is 0.339 e. The molecule has 0 aromatic carbocycles. The zero-order valence-corrected chi connectivity index (χ0v) is 9.25. The average molecular weight is 224 g/mol. The smallest absolute Gasteiger partial charge is 0.227 e. The first-order valence-electron chi connectivity index (χ1n) is 4.76. The molecule has 2 rings (SSSR count). The van der Waals surface area contributed by atoms with E-state index in [1.54, 1.807) is 11.7 Å². The van der Waals surface area contributed by atoms with Crippen LogP contribution in [0, 0.1) is 0 Å². The zero-order valence-electron chi connectivity index (χ0n) is 8.43. The van der Waals surface area contributed by atoms with E-state index < -0.39 is 0 Å². The Bertz CT molecular complexity index is 398. The van der Waals surface area contributed by atoms with Gasteiger partial charge in [0.2, 0.25) is 11.7 Å². The lowest BCUT2D eigenvalue weighted by Crippen LogP contribution is -2.08. The van der Waals surface area contributed by atoms with Gasteiger partial charge in [0.05, 0.1) is 10.4 Å². The number of thiazole rings is 1. The molecule has 0 amide bonds. The summed E-state index contributed by atoms with van der Waals surface area (Å²) in [6.07, 6.45) is 3.56. The van der Waals surface area contributed by atoms with Crippen molar-refractivity contribution in [3.63, 3.8) is 0 Å². The molecule has 0 saturated heterocycles. The van der Waals surface area contributed by atoms with E-state index in [1.165, 1.54) is 11.3 Å². The molecule has 2 heterocycles. The van der Waals surface area contributed by atoms with Crippen LogP contribution >= 0.6 is 11.3 Å². The summed E-state index contributed by atoms with van der Waals surface area (Å²) in [5, 5.41) is 6.98. The van der Waals surface area contributed by atoms with Gasteiger partial charge < -0.3 is 9.84 Å². The molecule has 0 atom stereocenters. The molecular weight excluding hydrogens is 212 g/mol. The number of aryl methyl sites for hydroxylation is 1. The molecule has 6 heteroatoms. The molecule has 0 bridgehead atoms. The molecule has 1 N–H and O–H groups in total. The summed E-state index contributed by atoms with van der Waals surface area (Å²) in [6.45, 7) is 0.957. The van der Waals surface area contributed by atoms with E-state index in [-0.39, 0.29) is 0 Å². The summed E-state index contributed by atoms with van der Waals surface area (Å²) in [5.74, 6) is 1.32. The summed E-state index contributed by atoms with van der Waals surface area (Å²) in [6, 6.07) is 0. The first-order chi connectivity index (χ1) is 7.40. The molecule has 5 nitrogen and oxygen atoms in total. The normalized spacial score (nSPS) is 10.7. The van der Waals surface area contributed by atoms with Crippen LogP contribution in [0.3, 0.4) is 0 Å². The fraction of sp³-hybridized carbons (Fsp3) is 0.444. The minimum atomic E-state index is 0.636. The molecule has 0 fully saturated rings. The van der Waals surface area contributed by atoms with Crippen LogP contribution in [0.25, 0.3) is 10.7 Å². The second-order valence-electron chi connectivity index (χ2n) is 3.08. The van der Waals surface area contributed by atoms with Crippen LogP contribution in [0.2, 0.25) is 0 Å². The van der Waals surface area contributed by atoms with E-state index >= 15 is 0 Å². The summed E-state index contributed by atoms with van der Waals surface area (Å²) in [4.78, 5) is 9.20. The van der Waals surface area contributed by atoms with Gasteiger partial charge in [-0.15, -0.1) is 11.3 Å². The van der Waals surface area contributed by atoms with Gasteiger partial charge in [-0.05, 0) is 20.0 Å². The van der Waals surface area contributed by atoms with Crippen molar-refractivity contribution in [1.29, 1.82) is 0 Å². The van der Waals surface area contributed by atoms with Crippen molar-refractivity contribution in [3.8, 4) is 10.7 Å². The van der Waals surface area contributed by atoms with Crippen LogP contribution < -0.4 is 5.32 Å². The van der Waals surface area contributed by atoms with Crippen LogP contribution in [0.15, 0.2) is 16.2 Å². The number of rotatable bonds is 5. The quantitative estimate of drug-likeness (QED) is 0.776. The lowest BCUT2D eigenvalue weighted by atomic mass is 10.3. The minimum absolute atomic E-state index is 0.636. The molecule has 2 aromatic rings. The van der Waals surface area contributed by atoms with Crippen molar-refractivity contribution < 1.29 is 4.52 Å². The molecule has 0 saturated carbocycles. The third kappa shape index (κ3) is 2.60. The maximum Gasteiger partial charge on any atom is 0.227 e. The Morgan fingerprint density at radius 3 is 3.20 bits per heavy atom. The lowest BCUT2D eigenvalue weighted by molar-refractivity contribution is 0.375. The monoisotopic (exact) mass is 224 g/mol. The zero-order chi connectivity index (χ0) is 10.5. The van der Waals surface area contributed by atoms with Crippen molar-refractivity contribution in [2.24, 2.45) is 0 Å². The predicted molar refractivity (Wildman–Crippen MR) is 57.7 cm³/mol. The van der Waals surface area contributed by atoms with E-state index in [1.807, 2.05) is 7.05 Å². The van der Waals surface area contributed by atoms with Crippen LogP contribution in [0.1, 0.15) is 12.3 Å². The van der Waals surface area contributed by atoms with Crippen LogP contribution in [0.4, 0.5) is 0 Å². The lowest BCUT2D eigenvalue weighted by Gasteiger charge is -1.93. The Balaban J connectivity index is 1.98. The maximum absolute atomic E-state index is 5.13. The van der Waals surface area contributed by atoms with E-state index in [0.717, 1.165) is 24.3 Å². The van der Waals surface area contributed by atoms with Gasteiger partial charge in [-0.1, -0.05) is 5.16 Å². The molecule has 0 aliphatic rings. The molecule has 2 aromatic heterocycles. The van der Waals surface area contributed by atoms with Crippen molar-refractivity contribution in [3.05, 3.63) is 17.6 Å². The highest BCUT2D eigenvalue weighted by Gasteiger charge is 2.08. The molecule has 0 unspecified atom stereocenters. The third-order valence-corrected chi connectivity index (χ3v) is 2.71. The second kappa shape index (κ2) is 4.99. The van der Waals surface area contributed by atoms with E-state index in [4.69, 9.17) is 4.52 Å². The highest BCUT2D eigenvalue weighted by Crippen LogP contribution is 2.19. The van der Waals surface area contributed by atoms with Crippen molar-refractivity contribution in [1.82, 2.24) is 20.4 Å². The Labute approximate surface area is 91.5 Å². The third-order valence-electron chi connectivity index (χ3n) is 1.94. The topological polar surface area (TPSA) is 63.8 Å². The van der Waals surface area contributed by atoms with Crippen molar-refractivity contribution in [2.45, 2.75) is 12.8 Å². The van der Waals surface area contributed by atoms with Crippen molar-refractivity contribution >= 4 is 11.3 Å². The van der Waals surface area contributed by atoms with Crippen LogP contribution in [-0.4, -0.2) is 28.7 Å². The van der Waals surface area contributed by atoms with Gasteiger partial charge in [-0.3, -0.25) is 4.98 Å². The summed E-state index contributed by atoms with van der Waals surface area (Å²) >= 11 is 1.51. The summed E-state index contributed by atoms with van der Waals surface area (Å²) in [5.41, 5.74) is 1.76. The highest BCUT2D eigenvalue weighted by atomic mass is 32.1. The minimum Gasteiger partial charge on any atom is -0.339 e. The number of nitrogens with one attached hydrogen (secondary N) is 1. The Morgan fingerprint density at radius 2 is 2.47 bits per heavy atom. The fourth-order valence-corrected chi connectivity index (χ4v) is 1.74. The van der Waals surface area contributed by atoms with Crippen LogP contribution in [-0.2, 0) is 6.42 Å². The summed E-state index contributed by atoms with van der Waals surface area (Å²) in [7, 11) is 1.93. The number of hydrogen-bond acceptors (Lipinski definition) is 6. The SMILES string of the molecule is CNCCCc1nc(-c2cncs2)no1. The fourth-order valence-electron chi connectivity index (χ4n) is 1.20. The first kappa shape index (κ1) is 10.3.